The molecule has 162 valence electrons. The summed E-state index contributed by atoms with van der Waals surface area (Å²) in [7, 11) is 2.71. The van der Waals surface area contributed by atoms with Crippen molar-refractivity contribution in [2.24, 2.45) is 5.92 Å². The molecule has 6 amide bonds. The van der Waals surface area contributed by atoms with Crippen molar-refractivity contribution in [3.63, 3.8) is 0 Å². The first kappa shape index (κ1) is 26.6. The number of nitrogens with one attached hydrogen (secondary N) is 4. The molecule has 0 aliphatic heterocycles. The Balaban J connectivity index is 3.59. The molecule has 0 aromatic carbocycles. The molecule has 0 heterocycles. The van der Waals surface area contributed by atoms with Gasteiger partial charge >= 0.3 is 12.1 Å². The number of unbranched alkanes of at least 4 members (excludes halogenated alkanes) is 2. The van der Waals surface area contributed by atoms with Gasteiger partial charge in [-0.2, -0.15) is 0 Å². The standard InChI is InChI=1S/C18H34N4O4S2/c1-4-5-6-10-19-17(25)22-16(24)13-28-27-12-11-20-18(26)21-15(23)9-7-8-14(2)3/h14H,4-13H2,1-3H3,(H2,19,22,24,25)(H2,20,21,23,26). The molecule has 28 heavy (non-hydrogen) atoms. The van der Waals surface area contributed by atoms with Crippen LogP contribution in [-0.2, 0) is 9.59 Å². The summed E-state index contributed by atoms with van der Waals surface area (Å²) in [5.74, 6) is 0.635. The van der Waals surface area contributed by atoms with E-state index >= 15 is 0 Å². The van der Waals surface area contributed by atoms with Crippen LogP contribution in [0.5, 0.6) is 0 Å². The predicted molar refractivity (Wildman–Crippen MR) is 116 cm³/mol. The van der Waals surface area contributed by atoms with Gasteiger partial charge in [0, 0.05) is 25.3 Å². The third kappa shape index (κ3) is 18.0. The minimum Gasteiger partial charge on any atom is -0.338 e. The second-order valence-electron chi connectivity index (χ2n) is 6.69. The Bertz CT molecular complexity index is 490. The van der Waals surface area contributed by atoms with Gasteiger partial charge in [-0.1, -0.05) is 61.6 Å². The fraction of sp³-hybridized carbons (Fsp3) is 0.778. The summed E-state index contributed by atoms with van der Waals surface area (Å²) in [6.07, 6.45) is 5.07. The molecule has 0 rings (SSSR count). The average Bonchev–Trinajstić information content (AvgIpc) is 2.61. The Morgan fingerprint density at radius 2 is 1.46 bits per heavy atom. The van der Waals surface area contributed by atoms with E-state index in [0.717, 1.165) is 32.1 Å². The average molecular weight is 435 g/mol. The van der Waals surface area contributed by atoms with Gasteiger partial charge in [0.25, 0.3) is 0 Å². The topological polar surface area (TPSA) is 116 Å². The molecule has 10 heteroatoms. The zero-order valence-electron chi connectivity index (χ0n) is 17.1. The number of carbonyl (C=O) groups is 4. The highest BCUT2D eigenvalue weighted by Crippen LogP contribution is 2.19. The van der Waals surface area contributed by atoms with Crippen molar-refractivity contribution in [1.29, 1.82) is 0 Å². The van der Waals surface area contributed by atoms with Crippen LogP contribution in [0.25, 0.3) is 0 Å². The fourth-order valence-electron chi connectivity index (χ4n) is 2.05. The Labute approximate surface area is 175 Å². The van der Waals surface area contributed by atoms with Crippen LogP contribution >= 0.6 is 21.6 Å². The van der Waals surface area contributed by atoms with Crippen LogP contribution < -0.4 is 21.3 Å². The van der Waals surface area contributed by atoms with Crippen molar-refractivity contribution >= 4 is 45.5 Å². The maximum atomic E-state index is 11.6. The van der Waals surface area contributed by atoms with Gasteiger partial charge in [0.05, 0.1) is 5.75 Å². The van der Waals surface area contributed by atoms with Crippen molar-refractivity contribution in [3.05, 3.63) is 0 Å². The molecule has 0 atom stereocenters. The first-order chi connectivity index (χ1) is 13.3. The maximum absolute atomic E-state index is 11.6. The lowest BCUT2D eigenvalue weighted by Crippen LogP contribution is -2.40. The van der Waals surface area contributed by atoms with E-state index in [1.165, 1.54) is 21.6 Å². The van der Waals surface area contributed by atoms with Gasteiger partial charge < -0.3 is 10.6 Å². The van der Waals surface area contributed by atoms with Gasteiger partial charge in [0.2, 0.25) is 11.8 Å². The highest BCUT2D eigenvalue weighted by Gasteiger charge is 2.09. The second kappa shape index (κ2) is 17.7. The van der Waals surface area contributed by atoms with Crippen LogP contribution in [0.2, 0.25) is 0 Å². The summed E-state index contributed by atoms with van der Waals surface area (Å²) in [6, 6.07) is -0.972. The maximum Gasteiger partial charge on any atom is 0.321 e. The Kier molecular flexibility index (Phi) is 16.8. The van der Waals surface area contributed by atoms with Crippen LogP contribution in [0.3, 0.4) is 0 Å². The number of imide groups is 2. The van der Waals surface area contributed by atoms with Crippen LogP contribution in [0.4, 0.5) is 9.59 Å². The molecular formula is C18H34N4O4S2. The SMILES string of the molecule is CCCCCNC(=O)NC(=O)CSSCCNC(=O)NC(=O)CCCC(C)C. The Hall–Kier alpha value is -1.42. The molecule has 0 spiro atoms. The first-order valence-corrected chi connectivity index (χ1v) is 12.2. The lowest BCUT2D eigenvalue weighted by atomic mass is 10.1. The van der Waals surface area contributed by atoms with E-state index in [9.17, 15) is 19.2 Å². The molecule has 0 radical (unpaired) electrons. The van der Waals surface area contributed by atoms with E-state index in [1.807, 2.05) is 0 Å². The molecule has 0 saturated heterocycles. The molecule has 0 bridgehead atoms. The number of hydrogen-bond donors (Lipinski definition) is 4. The van der Waals surface area contributed by atoms with Crippen molar-refractivity contribution in [2.45, 2.75) is 59.3 Å². The van der Waals surface area contributed by atoms with E-state index in [4.69, 9.17) is 0 Å². The summed E-state index contributed by atoms with van der Waals surface area (Å²) in [6.45, 7) is 7.20. The molecule has 0 aliphatic carbocycles. The quantitative estimate of drug-likeness (QED) is 0.247. The van der Waals surface area contributed by atoms with Gasteiger partial charge in [0.15, 0.2) is 0 Å². The molecule has 0 saturated carbocycles. The van der Waals surface area contributed by atoms with Crippen LogP contribution in [0, 0.1) is 5.92 Å². The summed E-state index contributed by atoms with van der Waals surface area (Å²) < 4.78 is 0. The minimum atomic E-state index is -0.502. The monoisotopic (exact) mass is 434 g/mol. The van der Waals surface area contributed by atoms with Crippen LogP contribution in [-0.4, -0.2) is 48.5 Å². The number of urea groups is 2. The van der Waals surface area contributed by atoms with E-state index in [0.29, 0.717) is 31.2 Å². The van der Waals surface area contributed by atoms with Gasteiger partial charge in [-0.3, -0.25) is 20.2 Å². The van der Waals surface area contributed by atoms with E-state index in [1.54, 1.807) is 0 Å². The molecule has 0 aromatic heterocycles. The lowest BCUT2D eigenvalue weighted by Gasteiger charge is -2.08. The summed E-state index contributed by atoms with van der Waals surface area (Å²) in [5.41, 5.74) is 0. The number of hydrogen-bond acceptors (Lipinski definition) is 6. The van der Waals surface area contributed by atoms with Gasteiger partial charge in [-0.15, -0.1) is 0 Å². The van der Waals surface area contributed by atoms with Crippen molar-refractivity contribution < 1.29 is 19.2 Å². The van der Waals surface area contributed by atoms with Crippen LogP contribution in [0.1, 0.15) is 59.3 Å². The number of amides is 6. The van der Waals surface area contributed by atoms with Crippen molar-refractivity contribution in [1.82, 2.24) is 21.3 Å². The Morgan fingerprint density at radius 1 is 0.821 bits per heavy atom. The molecule has 0 unspecified atom stereocenters. The molecule has 4 N–H and O–H groups in total. The predicted octanol–water partition coefficient (Wildman–Crippen LogP) is 3.04. The van der Waals surface area contributed by atoms with E-state index in [2.05, 4.69) is 42.0 Å². The molecule has 0 fully saturated rings. The zero-order chi connectivity index (χ0) is 21.2. The lowest BCUT2D eigenvalue weighted by molar-refractivity contribution is -0.120. The number of rotatable bonds is 14. The summed E-state index contributed by atoms with van der Waals surface area (Å²) in [5, 5.41) is 9.80. The molecule has 0 aromatic rings. The van der Waals surface area contributed by atoms with Gasteiger partial charge in [-0.05, 0) is 18.8 Å². The minimum absolute atomic E-state index is 0.146. The van der Waals surface area contributed by atoms with E-state index < -0.39 is 12.1 Å². The smallest absolute Gasteiger partial charge is 0.321 e. The largest absolute Gasteiger partial charge is 0.338 e. The highest BCUT2D eigenvalue weighted by atomic mass is 33.1. The normalized spacial score (nSPS) is 10.4. The van der Waals surface area contributed by atoms with Crippen molar-refractivity contribution in [2.75, 3.05) is 24.6 Å². The summed E-state index contributed by atoms with van der Waals surface area (Å²) in [4.78, 5) is 46.2. The summed E-state index contributed by atoms with van der Waals surface area (Å²) >= 11 is 0. The zero-order valence-corrected chi connectivity index (χ0v) is 18.7. The molecule has 0 aliphatic rings. The third-order valence-electron chi connectivity index (χ3n) is 3.50. The first-order valence-electron chi connectivity index (χ1n) is 9.74. The molecular weight excluding hydrogens is 400 g/mol. The number of carbonyl (C=O) groups excluding carboxylic acids is 4. The highest BCUT2D eigenvalue weighted by molar-refractivity contribution is 8.76. The van der Waals surface area contributed by atoms with E-state index in [-0.39, 0.29) is 17.6 Å². The van der Waals surface area contributed by atoms with Crippen LogP contribution in [0.15, 0.2) is 0 Å². The fourth-order valence-corrected chi connectivity index (χ4v) is 3.79. The van der Waals surface area contributed by atoms with Gasteiger partial charge in [0.1, 0.15) is 0 Å². The Morgan fingerprint density at radius 3 is 2.11 bits per heavy atom. The molecule has 8 nitrogen and oxygen atoms in total. The second-order valence-corrected chi connectivity index (χ2v) is 9.27. The third-order valence-corrected chi connectivity index (χ3v) is 5.77. The van der Waals surface area contributed by atoms with Gasteiger partial charge in [-0.25, -0.2) is 9.59 Å². The van der Waals surface area contributed by atoms with Crippen molar-refractivity contribution in [3.8, 4) is 0 Å².